The number of fused-ring (bicyclic) bond motifs is 1. The summed E-state index contributed by atoms with van der Waals surface area (Å²) in [5.41, 5.74) is 3.02. The third-order valence-corrected chi connectivity index (χ3v) is 14.0. The van der Waals surface area contributed by atoms with E-state index >= 15 is 4.79 Å². The zero-order chi connectivity index (χ0) is 45.3. The first-order chi connectivity index (χ1) is 31.6. The lowest BCUT2D eigenvalue weighted by Crippen LogP contribution is -2.43. The van der Waals surface area contributed by atoms with Gasteiger partial charge in [-0.2, -0.15) is 4.31 Å². The molecule has 3 atom stereocenters. The molecule has 15 nitrogen and oxygen atoms in total. The molecule has 0 aromatic heterocycles. The number of hydrogen-bond donors (Lipinski definition) is 1. The van der Waals surface area contributed by atoms with Crippen molar-refractivity contribution < 1.29 is 41.9 Å². The Morgan fingerprint density at radius 1 is 0.754 bits per heavy atom. The largest absolute Gasteiger partial charge is 0.489 e. The van der Waals surface area contributed by atoms with E-state index < -0.39 is 49.7 Å². The number of nitro benzene ring substituents is 1. The van der Waals surface area contributed by atoms with Crippen molar-refractivity contribution in [3.8, 4) is 11.5 Å². The standard InChI is InChI=1S/C49H51N5O10S/c55-44-32-41-39-18-11-20-42-45(39)46(47(64-42)37-22-24-38(25-23-37)62-33-35-14-3-1-4-15-35)48(56)51(28-12-26-50-44)27-9-10-29-52(65(60,61)43-21-8-7-19-40(43)54(58)59)30-13-31-53(41)49(57)63-34-36-16-5-2-6-17-36/h1-8,11,14-25,41,46-47H,9-10,12-13,26-34H2,(H,50,55)/t41-,46+,47-/m0/s1. The van der Waals surface area contributed by atoms with Crippen LogP contribution in [0.4, 0.5) is 10.5 Å². The normalized spacial score (nSPS) is 19.8. The van der Waals surface area contributed by atoms with E-state index in [2.05, 4.69) is 5.32 Å². The van der Waals surface area contributed by atoms with Gasteiger partial charge in [-0.05, 0) is 72.2 Å². The van der Waals surface area contributed by atoms with Crippen molar-refractivity contribution in [2.24, 2.45) is 0 Å². The summed E-state index contributed by atoms with van der Waals surface area (Å²) in [6.07, 6.45) is -0.483. The van der Waals surface area contributed by atoms with Gasteiger partial charge in [-0.3, -0.25) is 19.7 Å². The number of nitro groups is 1. The zero-order valence-corrected chi connectivity index (χ0v) is 36.6. The van der Waals surface area contributed by atoms with E-state index in [1.165, 1.54) is 27.4 Å². The Morgan fingerprint density at radius 2 is 1.42 bits per heavy atom. The summed E-state index contributed by atoms with van der Waals surface area (Å²) in [7, 11) is -4.42. The number of sulfonamides is 1. The Bertz CT molecular complexity index is 2600. The lowest BCUT2D eigenvalue weighted by Gasteiger charge is -2.34. The summed E-state index contributed by atoms with van der Waals surface area (Å²) in [5, 5.41) is 15.0. The highest BCUT2D eigenvalue weighted by atomic mass is 32.2. The molecule has 8 rings (SSSR count). The predicted octanol–water partition coefficient (Wildman–Crippen LogP) is 7.68. The average molecular weight is 902 g/mol. The number of ether oxygens (including phenoxy) is 3. The molecule has 0 spiro atoms. The van der Waals surface area contributed by atoms with Gasteiger partial charge in [0.15, 0.2) is 4.90 Å². The predicted molar refractivity (Wildman–Crippen MR) is 240 cm³/mol. The van der Waals surface area contributed by atoms with Crippen LogP contribution in [-0.2, 0) is 37.6 Å². The van der Waals surface area contributed by atoms with Crippen molar-refractivity contribution in [1.82, 2.24) is 19.4 Å². The first-order valence-corrected chi connectivity index (χ1v) is 23.3. The Morgan fingerprint density at radius 3 is 2.15 bits per heavy atom. The van der Waals surface area contributed by atoms with Crippen molar-refractivity contribution >= 4 is 33.6 Å². The first-order valence-electron chi connectivity index (χ1n) is 21.9. The second kappa shape index (κ2) is 20.4. The summed E-state index contributed by atoms with van der Waals surface area (Å²) in [6, 6.07) is 36.0. The SMILES string of the molecule is O=C1C[C@H]2c3cccc4c3[C@@H](C(=O)N(CCCCN(S(=O)(=O)c3ccccc3[N+](=O)[O-])CCCN2C(=O)OCc2ccccc2)CCCN1)[C@H](c1ccc(OCc2ccccc2)cc1)O4. The highest BCUT2D eigenvalue weighted by molar-refractivity contribution is 7.89. The van der Waals surface area contributed by atoms with Crippen LogP contribution < -0.4 is 14.8 Å². The Labute approximate surface area is 378 Å². The molecule has 65 heavy (non-hydrogen) atoms. The lowest BCUT2D eigenvalue weighted by molar-refractivity contribution is -0.387. The monoisotopic (exact) mass is 901 g/mol. The lowest BCUT2D eigenvalue weighted by atomic mass is 9.83. The van der Waals surface area contributed by atoms with Crippen LogP contribution in [-0.4, -0.2) is 84.6 Å². The summed E-state index contributed by atoms with van der Waals surface area (Å²) in [5.74, 6) is -0.338. The minimum Gasteiger partial charge on any atom is -0.489 e. The van der Waals surface area contributed by atoms with Gasteiger partial charge in [-0.25, -0.2) is 13.2 Å². The van der Waals surface area contributed by atoms with Gasteiger partial charge in [-0.1, -0.05) is 97.1 Å². The Hall–Kier alpha value is -6.78. The van der Waals surface area contributed by atoms with Crippen LogP contribution in [0.5, 0.6) is 11.5 Å². The van der Waals surface area contributed by atoms with Crippen molar-refractivity contribution in [3.05, 3.63) is 165 Å². The smallest absolute Gasteiger partial charge is 0.410 e. The van der Waals surface area contributed by atoms with Gasteiger partial charge < -0.3 is 29.3 Å². The summed E-state index contributed by atoms with van der Waals surface area (Å²) >= 11 is 0. The van der Waals surface area contributed by atoms with Crippen molar-refractivity contribution in [2.75, 3.05) is 39.3 Å². The van der Waals surface area contributed by atoms with E-state index in [4.69, 9.17) is 14.2 Å². The molecule has 0 radical (unpaired) electrons. The maximum absolute atomic E-state index is 15.3. The highest BCUT2D eigenvalue weighted by Gasteiger charge is 2.46. The van der Waals surface area contributed by atoms with Crippen LogP contribution in [0, 0.1) is 10.1 Å². The van der Waals surface area contributed by atoms with Gasteiger partial charge in [0.05, 0.1) is 17.4 Å². The Balaban J connectivity index is 1.20. The maximum Gasteiger partial charge on any atom is 0.410 e. The molecule has 3 heterocycles. The second-order valence-corrected chi connectivity index (χ2v) is 18.2. The van der Waals surface area contributed by atoms with Gasteiger partial charge in [0, 0.05) is 50.9 Å². The molecule has 5 aromatic carbocycles. The third kappa shape index (κ3) is 10.3. The molecule has 0 aliphatic carbocycles. The van der Waals surface area contributed by atoms with Gasteiger partial charge >= 0.3 is 6.09 Å². The summed E-state index contributed by atoms with van der Waals surface area (Å²) in [4.78, 5) is 57.9. The van der Waals surface area contributed by atoms with Gasteiger partial charge in [0.25, 0.3) is 5.69 Å². The van der Waals surface area contributed by atoms with Gasteiger partial charge in [0.2, 0.25) is 21.8 Å². The number of benzene rings is 5. The molecule has 338 valence electrons. The van der Waals surface area contributed by atoms with Crippen LogP contribution in [0.25, 0.3) is 0 Å². The molecule has 16 heteroatoms. The number of amides is 3. The highest BCUT2D eigenvalue weighted by Crippen LogP contribution is 2.51. The molecule has 2 bridgehead atoms. The molecule has 0 unspecified atom stereocenters. The van der Waals surface area contributed by atoms with E-state index in [-0.39, 0.29) is 64.0 Å². The molecule has 0 saturated carbocycles. The van der Waals surface area contributed by atoms with Gasteiger partial charge in [-0.15, -0.1) is 0 Å². The van der Waals surface area contributed by atoms with Crippen LogP contribution in [0.1, 0.15) is 78.0 Å². The van der Waals surface area contributed by atoms with E-state index in [9.17, 15) is 28.1 Å². The second-order valence-electron chi connectivity index (χ2n) is 16.3. The first kappa shape index (κ1) is 44.8. The van der Waals surface area contributed by atoms with E-state index in [1.807, 2.05) is 84.9 Å². The molecule has 5 aromatic rings. The quantitative estimate of drug-likeness (QED) is 0.114. The van der Waals surface area contributed by atoms with E-state index in [0.29, 0.717) is 55.0 Å². The van der Waals surface area contributed by atoms with Gasteiger partial charge in [0.1, 0.15) is 36.7 Å². The molecule has 3 amide bonds. The van der Waals surface area contributed by atoms with E-state index in [0.717, 1.165) is 22.8 Å². The summed E-state index contributed by atoms with van der Waals surface area (Å²) in [6.45, 7) is 0.953. The zero-order valence-electron chi connectivity index (χ0n) is 35.8. The van der Waals surface area contributed by atoms with Crippen LogP contribution in [0.2, 0.25) is 0 Å². The maximum atomic E-state index is 15.3. The molecule has 0 fully saturated rings. The fourth-order valence-corrected chi connectivity index (χ4v) is 10.5. The fourth-order valence-electron chi connectivity index (χ4n) is 8.82. The average Bonchev–Trinajstić information content (AvgIpc) is 3.72. The number of rotatable bonds is 9. The Kier molecular flexibility index (Phi) is 14.0. The van der Waals surface area contributed by atoms with E-state index in [1.54, 1.807) is 23.1 Å². The number of hydrogen-bond acceptors (Lipinski definition) is 10. The number of carbonyl (C=O) groups excluding carboxylic acids is 3. The summed E-state index contributed by atoms with van der Waals surface area (Å²) < 4.78 is 48.7. The number of carbonyl (C=O) groups is 3. The number of para-hydroxylation sites is 1. The molecule has 1 N–H and O–H groups in total. The topological polar surface area (TPSA) is 178 Å². The van der Waals surface area contributed by atoms with Crippen molar-refractivity contribution in [1.29, 1.82) is 0 Å². The molecule has 0 saturated heterocycles. The molecular weight excluding hydrogens is 851 g/mol. The minimum atomic E-state index is -4.42. The minimum absolute atomic E-state index is 0.00341. The molecule has 3 aliphatic rings. The molecule has 3 aliphatic heterocycles. The van der Waals surface area contributed by atoms with Crippen molar-refractivity contribution in [3.63, 3.8) is 0 Å². The van der Waals surface area contributed by atoms with Crippen molar-refractivity contribution in [2.45, 2.75) is 68.3 Å². The number of nitrogens with zero attached hydrogens (tertiary/aromatic N) is 4. The van der Waals surface area contributed by atoms with Crippen LogP contribution in [0.3, 0.4) is 0 Å². The number of nitrogens with one attached hydrogen (secondary N) is 1. The van der Waals surface area contributed by atoms with Crippen LogP contribution >= 0.6 is 0 Å². The fraction of sp³-hybridized carbons (Fsp3) is 0.327. The molecular formula is C49H51N5O10S. The third-order valence-electron chi connectivity index (χ3n) is 12.1. The van der Waals surface area contributed by atoms with Crippen LogP contribution in [0.15, 0.2) is 132 Å².